The maximum absolute atomic E-state index is 12.9. The Balaban J connectivity index is 2.84. The summed E-state index contributed by atoms with van der Waals surface area (Å²) in [6.07, 6.45) is 1.59. The summed E-state index contributed by atoms with van der Waals surface area (Å²) in [6.45, 7) is 1.83. The minimum Gasteiger partial charge on any atom is -0.380 e. The van der Waals surface area contributed by atoms with E-state index >= 15 is 0 Å². The van der Waals surface area contributed by atoms with Gasteiger partial charge in [-0.2, -0.15) is 13.2 Å². The van der Waals surface area contributed by atoms with E-state index in [0.29, 0.717) is 19.3 Å². The molecule has 1 N–H and O–H groups in total. The summed E-state index contributed by atoms with van der Waals surface area (Å²) in [5, 5.41) is 9.93. The van der Waals surface area contributed by atoms with Gasteiger partial charge in [0.2, 0.25) is 0 Å². The third-order valence-electron chi connectivity index (χ3n) is 3.27. The summed E-state index contributed by atoms with van der Waals surface area (Å²) in [6, 6.07) is 0. The molecule has 0 aromatic heterocycles. The lowest BCUT2D eigenvalue weighted by Crippen LogP contribution is -2.51. The molecule has 0 heterocycles. The van der Waals surface area contributed by atoms with Crippen LogP contribution in [-0.2, 0) is 0 Å². The zero-order chi connectivity index (χ0) is 12.2. The van der Waals surface area contributed by atoms with E-state index in [-0.39, 0.29) is 6.42 Å². The van der Waals surface area contributed by atoms with E-state index in [1.165, 1.54) is 6.08 Å². The maximum atomic E-state index is 12.9. The van der Waals surface area contributed by atoms with E-state index < -0.39 is 17.7 Å². The SMILES string of the molecule is CCCC[C@@](O)([C@H]1C=CCCC1)C(F)(F)F. The predicted molar refractivity (Wildman–Crippen MR) is 57.0 cm³/mol. The van der Waals surface area contributed by atoms with Crippen LogP contribution in [0.15, 0.2) is 12.2 Å². The van der Waals surface area contributed by atoms with Crippen molar-refractivity contribution in [3.05, 3.63) is 12.2 Å². The van der Waals surface area contributed by atoms with Crippen molar-refractivity contribution in [1.29, 1.82) is 0 Å². The Hall–Kier alpha value is -0.510. The molecule has 1 aliphatic carbocycles. The van der Waals surface area contributed by atoms with Crippen LogP contribution in [0.5, 0.6) is 0 Å². The minimum absolute atomic E-state index is 0.192. The Morgan fingerprint density at radius 3 is 2.50 bits per heavy atom. The number of halogens is 3. The Bertz CT molecular complexity index is 247. The topological polar surface area (TPSA) is 20.2 Å². The Labute approximate surface area is 94.3 Å². The van der Waals surface area contributed by atoms with E-state index in [1.54, 1.807) is 6.08 Å². The molecule has 1 rings (SSSR count). The van der Waals surface area contributed by atoms with Gasteiger partial charge in [0.05, 0.1) is 0 Å². The molecule has 0 saturated carbocycles. The second-order valence-corrected chi connectivity index (χ2v) is 4.49. The molecule has 1 nitrogen and oxygen atoms in total. The zero-order valence-electron chi connectivity index (χ0n) is 9.56. The molecule has 0 aromatic rings. The fourth-order valence-electron chi connectivity index (χ4n) is 2.19. The fraction of sp³-hybridized carbons (Fsp3) is 0.833. The molecule has 2 atom stereocenters. The third-order valence-corrected chi connectivity index (χ3v) is 3.27. The van der Waals surface area contributed by atoms with Crippen molar-refractivity contribution in [3.63, 3.8) is 0 Å². The van der Waals surface area contributed by atoms with E-state index in [0.717, 1.165) is 12.8 Å². The lowest BCUT2D eigenvalue weighted by atomic mass is 9.77. The van der Waals surface area contributed by atoms with Crippen LogP contribution in [0.2, 0.25) is 0 Å². The first-order valence-corrected chi connectivity index (χ1v) is 5.87. The average Bonchev–Trinajstić information content (AvgIpc) is 2.25. The molecule has 4 heteroatoms. The fourth-order valence-corrected chi connectivity index (χ4v) is 2.19. The molecule has 0 fully saturated rings. The van der Waals surface area contributed by atoms with Gasteiger partial charge in [-0.05, 0) is 25.7 Å². The molecule has 0 bridgehead atoms. The van der Waals surface area contributed by atoms with E-state index in [4.69, 9.17) is 0 Å². The second kappa shape index (κ2) is 5.21. The lowest BCUT2D eigenvalue weighted by Gasteiger charge is -2.37. The van der Waals surface area contributed by atoms with Crippen molar-refractivity contribution in [1.82, 2.24) is 0 Å². The first kappa shape index (κ1) is 13.6. The van der Waals surface area contributed by atoms with Crippen LogP contribution >= 0.6 is 0 Å². The van der Waals surface area contributed by atoms with Gasteiger partial charge in [0, 0.05) is 5.92 Å². The Morgan fingerprint density at radius 1 is 1.38 bits per heavy atom. The molecule has 0 unspecified atom stereocenters. The Kier molecular flexibility index (Phi) is 4.42. The summed E-state index contributed by atoms with van der Waals surface area (Å²) in [5.74, 6) is -0.771. The van der Waals surface area contributed by atoms with Crippen LogP contribution in [0, 0.1) is 5.92 Å². The molecule has 0 saturated heterocycles. The third kappa shape index (κ3) is 2.78. The first-order valence-electron chi connectivity index (χ1n) is 5.87. The van der Waals surface area contributed by atoms with Gasteiger partial charge in [0.1, 0.15) is 0 Å². The van der Waals surface area contributed by atoms with Crippen LogP contribution in [0.4, 0.5) is 13.2 Å². The second-order valence-electron chi connectivity index (χ2n) is 4.49. The van der Waals surface area contributed by atoms with Crippen LogP contribution < -0.4 is 0 Å². The number of unbranched alkanes of at least 4 members (excludes halogenated alkanes) is 1. The van der Waals surface area contributed by atoms with Crippen LogP contribution in [0.1, 0.15) is 45.4 Å². The number of alkyl halides is 3. The molecule has 0 aromatic carbocycles. The highest BCUT2D eigenvalue weighted by molar-refractivity contribution is 5.05. The van der Waals surface area contributed by atoms with Gasteiger partial charge in [-0.25, -0.2) is 0 Å². The van der Waals surface area contributed by atoms with Crippen molar-refractivity contribution in [2.24, 2.45) is 5.92 Å². The largest absolute Gasteiger partial charge is 0.417 e. The number of hydrogen-bond donors (Lipinski definition) is 1. The summed E-state index contributed by atoms with van der Waals surface area (Å²) < 4.78 is 38.8. The minimum atomic E-state index is -4.53. The summed E-state index contributed by atoms with van der Waals surface area (Å²) in [5.41, 5.74) is -2.53. The Morgan fingerprint density at radius 2 is 2.06 bits per heavy atom. The molecule has 0 amide bonds. The van der Waals surface area contributed by atoms with Crippen molar-refractivity contribution >= 4 is 0 Å². The van der Waals surface area contributed by atoms with Crippen LogP contribution in [0.3, 0.4) is 0 Å². The van der Waals surface area contributed by atoms with Gasteiger partial charge < -0.3 is 5.11 Å². The number of rotatable bonds is 4. The average molecular weight is 236 g/mol. The van der Waals surface area contributed by atoms with Crippen LogP contribution in [-0.4, -0.2) is 16.9 Å². The molecular formula is C12H19F3O. The van der Waals surface area contributed by atoms with E-state index in [9.17, 15) is 18.3 Å². The monoisotopic (exact) mass is 236 g/mol. The van der Waals surface area contributed by atoms with Gasteiger partial charge in [-0.1, -0.05) is 31.9 Å². The van der Waals surface area contributed by atoms with Gasteiger partial charge >= 0.3 is 6.18 Å². The summed E-state index contributed by atoms with van der Waals surface area (Å²) >= 11 is 0. The molecular weight excluding hydrogens is 217 g/mol. The molecule has 0 spiro atoms. The van der Waals surface area contributed by atoms with Gasteiger partial charge in [-0.15, -0.1) is 0 Å². The summed E-state index contributed by atoms with van der Waals surface area (Å²) in [4.78, 5) is 0. The van der Waals surface area contributed by atoms with Crippen LogP contribution in [0.25, 0.3) is 0 Å². The first-order chi connectivity index (χ1) is 7.42. The van der Waals surface area contributed by atoms with Crippen molar-refractivity contribution in [3.8, 4) is 0 Å². The van der Waals surface area contributed by atoms with E-state index in [2.05, 4.69) is 0 Å². The predicted octanol–water partition coefficient (Wildman–Crippen LogP) is 3.83. The number of allylic oxidation sites excluding steroid dienone is 1. The smallest absolute Gasteiger partial charge is 0.380 e. The molecule has 0 radical (unpaired) electrons. The van der Waals surface area contributed by atoms with Crippen molar-refractivity contribution in [2.75, 3.05) is 0 Å². The van der Waals surface area contributed by atoms with Gasteiger partial charge in [-0.3, -0.25) is 0 Å². The number of aliphatic hydroxyl groups is 1. The molecule has 0 aliphatic heterocycles. The standard InChI is InChI=1S/C12H19F3O/c1-2-3-9-11(16,12(13,14)15)10-7-5-4-6-8-10/h5,7,10,16H,2-4,6,8-9H2,1H3/t10-,11+/m0/s1. The highest BCUT2D eigenvalue weighted by Crippen LogP contribution is 2.43. The molecule has 16 heavy (non-hydrogen) atoms. The molecule has 94 valence electrons. The van der Waals surface area contributed by atoms with E-state index in [1.807, 2.05) is 6.92 Å². The van der Waals surface area contributed by atoms with Gasteiger partial charge in [0.15, 0.2) is 5.60 Å². The van der Waals surface area contributed by atoms with Crippen molar-refractivity contribution in [2.45, 2.75) is 57.2 Å². The number of hydrogen-bond acceptors (Lipinski definition) is 1. The zero-order valence-corrected chi connectivity index (χ0v) is 9.56. The van der Waals surface area contributed by atoms with Crippen molar-refractivity contribution < 1.29 is 18.3 Å². The highest BCUT2D eigenvalue weighted by atomic mass is 19.4. The highest BCUT2D eigenvalue weighted by Gasteiger charge is 2.56. The normalized spacial score (nSPS) is 25.4. The molecule has 1 aliphatic rings. The summed E-state index contributed by atoms with van der Waals surface area (Å²) in [7, 11) is 0. The van der Waals surface area contributed by atoms with Gasteiger partial charge in [0.25, 0.3) is 0 Å². The maximum Gasteiger partial charge on any atom is 0.417 e. The quantitative estimate of drug-likeness (QED) is 0.735. The lowest BCUT2D eigenvalue weighted by molar-refractivity contribution is -0.278.